The highest BCUT2D eigenvalue weighted by Crippen LogP contribution is 2.19. The number of amides is 2. The van der Waals surface area contributed by atoms with Crippen molar-refractivity contribution in [2.45, 2.75) is 18.7 Å². The minimum Gasteiger partial charge on any atom is -0.326 e. The van der Waals surface area contributed by atoms with Gasteiger partial charge in [-0.25, -0.2) is 8.42 Å². The zero-order valence-electron chi connectivity index (χ0n) is 13.6. The minimum absolute atomic E-state index is 0.0965. The van der Waals surface area contributed by atoms with Crippen molar-refractivity contribution in [1.82, 2.24) is 0 Å². The van der Waals surface area contributed by atoms with E-state index in [0.29, 0.717) is 22.5 Å². The smallest absolute Gasteiger partial charge is 0.255 e. The normalized spacial score (nSPS) is 11.0. The largest absolute Gasteiger partial charge is 0.326 e. The fourth-order valence-electron chi connectivity index (χ4n) is 2.11. The van der Waals surface area contributed by atoms with Gasteiger partial charge in [-0.3, -0.25) is 9.59 Å². The molecule has 0 aliphatic carbocycles. The summed E-state index contributed by atoms with van der Waals surface area (Å²) in [6, 6.07) is 11.1. The van der Waals surface area contributed by atoms with Gasteiger partial charge in [0.1, 0.15) is 0 Å². The lowest BCUT2D eigenvalue weighted by Gasteiger charge is -2.10. The monoisotopic (exact) mass is 346 g/mol. The van der Waals surface area contributed by atoms with Crippen molar-refractivity contribution >= 4 is 33.0 Å². The third-order valence-electron chi connectivity index (χ3n) is 3.34. The van der Waals surface area contributed by atoms with E-state index in [4.69, 9.17) is 0 Å². The van der Waals surface area contributed by atoms with Crippen LogP contribution < -0.4 is 10.6 Å². The highest BCUT2D eigenvalue weighted by molar-refractivity contribution is 7.90. The summed E-state index contributed by atoms with van der Waals surface area (Å²) in [5.41, 5.74) is 2.13. The predicted octanol–water partition coefficient (Wildman–Crippen LogP) is 2.61. The summed E-state index contributed by atoms with van der Waals surface area (Å²) in [6.07, 6.45) is 1.10. The lowest BCUT2D eigenvalue weighted by atomic mass is 10.1. The number of nitrogens with one attached hydrogen (secondary N) is 2. The standard InChI is InChI=1S/C17H18N2O4S/c1-11-4-9-15(24(3,22)23)10-16(11)17(21)19-14-7-5-13(6-8-14)18-12(2)20/h4-10H,1-3H3,(H,18,20)(H,19,21). The molecule has 0 saturated heterocycles. The van der Waals surface area contributed by atoms with Gasteiger partial charge in [0, 0.05) is 30.1 Å². The molecule has 0 heterocycles. The van der Waals surface area contributed by atoms with Crippen molar-refractivity contribution in [2.24, 2.45) is 0 Å². The topological polar surface area (TPSA) is 92.3 Å². The van der Waals surface area contributed by atoms with E-state index in [2.05, 4.69) is 10.6 Å². The van der Waals surface area contributed by atoms with Crippen LogP contribution in [0, 0.1) is 6.92 Å². The number of hydrogen-bond donors (Lipinski definition) is 2. The van der Waals surface area contributed by atoms with Gasteiger partial charge in [-0.2, -0.15) is 0 Å². The number of benzene rings is 2. The maximum absolute atomic E-state index is 12.4. The third kappa shape index (κ3) is 4.42. The first-order chi connectivity index (χ1) is 11.2. The lowest BCUT2D eigenvalue weighted by molar-refractivity contribution is -0.114. The maximum atomic E-state index is 12.4. The van der Waals surface area contributed by atoms with Gasteiger partial charge in [0.05, 0.1) is 4.90 Å². The summed E-state index contributed by atoms with van der Waals surface area (Å²) >= 11 is 0. The van der Waals surface area contributed by atoms with Crippen LogP contribution in [0.15, 0.2) is 47.4 Å². The molecule has 24 heavy (non-hydrogen) atoms. The van der Waals surface area contributed by atoms with Crippen LogP contribution in [0.4, 0.5) is 11.4 Å². The third-order valence-corrected chi connectivity index (χ3v) is 4.46. The zero-order valence-corrected chi connectivity index (χ0v) is 14.4. The number of sulfone groups is 1. The van der Waals surface area contributed by atoms with Crippen molar-refractivity contribution < 1.29 is 18.0 Å². The zero-order chi connectivity index (χ0) is 17.9. The summed E-state index contributed by atoms with van der Waals surface area (Å²) in [4.78, 5) is 23.5. The van der Waals surface area contributed by atoms with Gasteiger partial charge in [-0.05, 0) is 48.9 Å². The Morgan fingerprint density at radius 3 is 1.96 bits per heavy atom. The molecule has 0 aliphatic heterocycles. The van der Waals surface area contributed by atoms with E-state index in [0.717, 1.165) is 6.26 Å². The lowest BCUT2D eigenvalue weighted by Crippen LogP contribution is -2.14. The molecule has 0 saturated carbocycles. The van der Waals surface area contributed by atoms with Gasteiger partial charge in [0.15, 0.2) is 9.84 Å². The number of carbonyl (C=O) groups excluding carboxylic acids is 2. The number of carbonyl (C=O) groups is 2. The summed E-state index contributed by atoms with van der Waals surface area (Å²) in [5.74, 6) is -0.578. The van der Waals surface area contributed by atoms with E-state index in [9.17, 15) is 18.0 Å². The molecule has 6 nitrogen and oxygen atoms in total. The highest BCUT2D eigenvalue weighted by Gasteiger charge is 2.14. The molecular weight excluding hydrogens is 328 g/mol. The molecular formula is C17H18N2O4S. The molecule has 0 aliphatic rings. The molecule has 0 atom stereocenters. The Kier molecular flexibility index (Phi) is 5.04. The van der Waals surface area contributed by atoms with Gasteiger partial charge in [-0.1, -0.05) is 6.07 Å². The number of anilines is 2. The van der Waals surface area contributed by atoms with E-state index >= 15 is 0 Å². The molecule has 7 heteroatoms. The van der Waals surface area contributed by atoms with E-state index in [-0.39, 0.29) is 10.8 Å². The van der Waals surface area contributed by atoms with Crippen molar-refractivity contribution in [3.63, 3.8) is 0 Å². The molecule has 0 spiro atoms. The Balaban J connectivity index is 2.22. The maximum Gasteiger partial charge on any atom is 0.255 e. The highest BCUT2D eigenvalue weighted by atomic mass is 32.2. The van der Waals surface area contributed by atoms with E-state index in [1.807, 2.05) is 0 Å². The van der Waals surface area contributed by atoms with Gasteiger partial charge in [0.25, 0.3) is 5.91 Å². The van der Waals surface area contributed by atoms with Crippen LogP contribution in [0.2, 0.25) is 0 Å². The molecule has 126 valence electrons. The van der Waals surface area contributed by atoms with Crippen LogP contribution in [-0.4, -0.2) is 26.5 Å². The minimum atomic E-state index is -3.39. The molecule has 2 aromatic rings. The SMILES string of the molecule is CC(=O)Nc1ccc(NC(=O)c2cc(S(C)(=O)=O)ccc2C)cc1. The summed E-state index contributed by atoms with van der Waals surface area (Å²) < 4.78 is 23.3. The average Bonchev–Trinajstić information content (AvgIpc) is 2.48. The molecule has 0 unspecified atom stereocenters. The quantitative estimate of drug-likeness (QED) is 0.890. The fourth-order valence-corrected chi connectivity index (χ4v) is 2.76. The summed E-state index contributed by atoms with van der Waals surface area (Å²) in [6.45, 7) is 3.15. The summed E-state index contributed by atoms with van der Waals surface area (Å²) in [5, 5.41) is 5.34. The second kappa shape index (κ2) is 6.84. The molecule has 0 bridgehead atoms. The van der Waals surface area contributed by atoms with Crippen molar-refractivity contribution in [2.75, 3.05) is 16.9 Å². The Labute approximate surface area is 140 Å². The average molecular weight is 346 g/mol. The van der Waals surface area contributed by atoms with Crippen LogP contribution in [0.25, 0.3) is 0 Å². The second-order valence-corrected chi connectivity index (χ2v) is 7.48. The Morgan fingerprint density at radius 1 is 0.917 bits per heavy atom. The predicted molar refractivity (Wildman–Crippen MR) is 93.0 cm³/mol. The molecule has 2 aromatic carbocycles. The second-order valence-electron chi connectivity index (χ2n) is 5.46. The van der Waals surface area contributed by atoms with Gasteiger partial charge >= 0.3 is 0 Å². The fraction of sp³-hybridized carbons (Fsp3) is 0.176. The van der Waals surface area contributed by atoms with Crippen LogP contribution in [0.3, 0.4) is 0 Å². The number of aryl methyl sites for hydroxylation is 1. The van der Waals surface area contributed by atoms with Crippen molar-refractivity contribution in [1.29, 1.82) is 0 Å². The van der Waals surface area contributed by atoms with Crippen LogP contribution in [0.5, 0.6) is 0 Å². The van der Waals surface area contributed by atoms with Gasteiger partial charge in [-0.15, -0.1) is 0 Å². The molecule has 0 fully saturated rings. The Bertz CT molecular complexity index is 887. The first-order valence-electron chi connectivity index (χ1n) is 7.16. The van der Waals surface area contributed by atoms with Crippen molar-refractivity contribution in [3.8, 4) is 0 Å². The molecule has 0 radical (unpaired) electrons. The van der Waals surface area contributed by atoms with Crippen LogP contribution in [0.1, 0.15) is 22.8 Å². The Hall–Kier alpha value is -2.67. The number of rotatable bonds is 4. The van der Waals surface area contributed by atoms with E-state index in [1.165, 1.54) is 19.1 Å². The Morgan fingerprint density at radius 2 is 1.46 bits per heavy atom. The van der Waals surface area contributed by atoms with E-state index in [1.54, 1.807) is 37.3 Å². The number of hydrogen-bond acceptors (Lipinski definition) is 4. The molecule has 0 aromatic heterocycles. The summed E-state index contributed by atoms with van der Waals surface area (Å²) in [7, 11) is -3.39. The first-order valence-corrected chi connectivity index (χ1v) is 9.05. The molecule has 2 rings (SSSR count). The van der Waals surface area contributed by atoms with Gasteiger partial charge in [0.2, 0.25) is 5.91 Å². The van der Waals surface area contributed by atoms with Crippen LogP contribution >= 0.6 is 0 Å². The first kappa shape index (κ1) is 17.7. The van der Waals surface area contributed by atoms with E-state index < -0.39 is 15.7 Å². The van der Waals surface area contributed by atoms with Gasteiger partial charge < -0.3 is 10.6 Å². The van der Waals surface area contributed by atoms with Crippen LogP contribution in [-0.2, 0) is 14.6 Å². The molecule has 2 amide bonds. The van der Waals surface area contributed by atoms with Crippen molar-refractivity contribution in [3.05, 3.63) is 53.6 Å². The molecule has 2 N–H and O–H groups in total.